The summed E-state index contributed by atoms with van der Waals surface area (Å²) in [6.45, 7) is 2.81. The highest BCUT2D eigenvalue weighted by Crippen LogP contribution is 2.55. The van der Waals surface area contributed by atoms with Crippen LogP contribution in [0.15, 0.2) is 18.2 Å². The molecule has 2 nitrogen and oxygen atoms in total. The van der Waals surface area contributed by atoms with Crippen molar-refractivity contribution in [3.63, 3.8) is 0 Å². The average Bonchev–Trinajstić information content (AvgIpc) is 2.46. The van der Waals surface area contributed by atoms with E-state index in [-0.39, 0.29) is 0 Å². The highest BCUT2D eigenvalue weighted by atomic mass is 127. The molecule has 0 N–H and O–H groups in total. The fourth-order valence-electron chi connectivity index (χ4n) is 4.28. The Labute approximate surface area is 142 Å². The summed E-state index contributed by atoms with van der Waals surface area (Å²) in [4.78, 5) is 2.45. The maximum atomic E-state index is 5.76. The molecule has 2 aliphatic carbocycles. The number of nitrogens with zero attached hydrogens (tertiary/aromatic N) is 1. The van der Waals surface area contributed by atoms with E-state index in [1.54, 1.807) is 5.56 Å². The number of rotatable bonds is 3. The van der Waals surface area contributed by atoms with E-state index in [2.05, 4.69) is 66.7 Å². The molecule has 0 aliphatic heterocycles. The summed E-state index contributed by atoms with van der Waals surface area (Å²) in [5.74, 6) is 1.81. The van der Waals surface area contributed by atoms with Gasteiger partial charge in [-0.3, -0.25) is 0 Å². The van der Waals surface area contributed by atoms with Crippen LogP contribution in [-0.4, -0.2) is 31.6 Å². The van der Waals surface area contributed by atoms with Gasteiger partial charge >= 0.3 is 0 Å². The third-order valence-corrected chi connectivity index (χ3v) is 7.21. The lowest BCUT2D eigenvalue weighted by molar-refractivity contribution is 0.128. The molecule has 1 aromatic rings. The first kappa shape index (κ1) is 15.6. The third-order valence-electron chi connectivity index (χ3n) is 5.29. The first-order valence-electron chi connectivity index (χ1n) is 8.18. The Morgan fingerprint density at radius 3 is 2.86 bits per heavy atom. The second-order valence-electron chi connectivity index (χ2n) is 6.70. The number of hydrogen-bond acceptors (Lipinski definition) is 2. The van der Waals surface area contributed by atoms with Crippen LogP contribution >= 0.6 is 22.6 Å². The molecule has 21 heavy (non-hydrogen) atoms. The van der Waals surface area contributed by atoms with Gasteiger partial charge in [0.05, 0.1) is 10.0 Å². The zero-order valence-electron chi connectivity index (χ0n) is 13.4. The van der Waals surface area contributed by atoms with Crippen LogP contribution in [0.25, 0.3) is 0 Å². The van der Waals surface area contributed by atoms with Crippen LogP contribution in [0.3, 0.4) is 0 Å². The number of hydrogen-bond donors (Lipinski definition) is 0. The fourth-order valence-corrected chi connectivity index (χ4v) is 5.89. The largest absolute Gasteiger partial charge is 0.494 e. The predicted octanol–water partition coefficient (Wildman–Crippen LogP) is 4.39. The van der Waals surface area contributed by atoms with Gasteiger partial charge in [-0.2, -0.15) is 0 Å². The van der Waals surface area contributed by atoms with E-state index in [1.165, 1.54) is 37.7 Å². The number of likely N-dealkylation sites (N-methyl/N-ethyl adjacent to an activating group) is 1. The summed E-state index contributed by atoms with van der Waals surface area (Å²) < 4.78 is 6.05. The molecule has 0 unspecified atom stereocenters. The Morgan fingerprint density at radius 2 is 2.14 bits per heavy atom. The van der Waals surface area contributed by atoms with E-state index in [4.69, 9.17) is 4.74 Å². The molecule has 3 heteroatoms. The molecule has 1 aromatic carbocycles. The third kappa shape index (κ3) is 2.72. The van der Waals surface area contributed by atoms with Crippen molar-refractivity contribution in [3.8, 4) is 5.75 Å². The van der Waals surface area contributed by atoms with E-state index >= 15 is 0 Å². The van der Waals surface area contributed by atoms with Gasteiger partial charge in [-0.05, 0) is 69.5 Å². The van der Waals surface area contributed by atoms with Crippen molar-refractivity contribution in [3.05, 3.63) is 29.3 Å². The molecule has 1 fully saturated rings. The van der Waals surface area contributed by atoms with E-state index in [9.17, 15) is 0 Å². The van der Waals surface area contributed by atoms with E-state index in [0.717, 1.165) is 18.3 Å². The van der Waals surface area contributed by atoms with Crippen LogP contribution in [-0.2, 0) is 9.84 Å². The summed E-state index contributed by atoms with van der Waals surface area (Å²) in [5, 5.41) is 0. The lowest BCUT2D eigenvalue weighted by Crippen LogP contribution is -2.50. The van der Waals surface area contributed by atoms with Crippen LogP contribution in [0.2, 0.25) is 0 Å². The molecule has 0 heterocycles. The average molecular weight is 399 g/mol. The molecule has 0 radical (unpaired) electrons. The minimum absolute atomic E-state index is 0.297. The van der Waals surface area contributed by atoms with E-state index < -0.39 is 0 Å². The molecular formula is C18H26INO. The monoisotopic (exact) mass is 399 g/mol. The first-order valence-corrected chi connectivity index (χ1v) is 9.25. The van der Waals surface area contributed by atoms with Gasteiger partial charge in [0, 0.05) is 6.04 Å². The van der Waals surface area contributed by atoms with Gasteiger partial charge in [0.2, 0.25) is 0 Å². The fraction of sp³-hybridized carbons (Fsp3) is 0.667. The second kappa shape index (κ2) is 6.07. The van der Waals surface area contributed by atoms with Crippen molar-refractivity contribution < 1.29 is 4.74 Å². The number of fused-ring (bicyclic) bond motifs is 3. The van der Waals surface area contributed by atoms with E-state index in [0.29, 0.717) is 9.46 Å². The second-order valence-corrected chi connectivity index (χ2v) is 8.63. The van der Waals surface area contributed by atoms with Gasteiger partial charge in [-0.1, -0.05) is 41.5 Å². The normalized spacial score (nSPS) is 31.7. The van der Waals surface area contributed by atoms with Gasteiger partial charge in [-0.15, -0.1) is 0 Å². The molecule has 0 spiro atoms. The number of alkyl halides is 1. The van der Waals surface area contributed by atoms with Gasteiger partial charge in [0.15, 0.2) is 0 Å². The lowest BCUT2D eigenvalue weighted by atomic mass is 9.65. The maximum Gasteiger partial charge on any atom is 0.119 e. The van der Waals surface area contributed by atoms with Gasteiger partial charge in [0.25, 0.3) is 0 Å². The van der Waals surface area contributed by atoms with Crippen LogP contribution in [0.5, 0.6) is 5.75 Å². The van der Waals surface area contributed by atoms with Crippen molar-refractivity contribution in [2.45, 2.75) is 48.5 Å². The number of ether oxygens (including phenoxy) is 1. The van der Waals surface area contributed by atoms with Crippen LogP contribution in [0, 0.1) is 5.92 Å². The van der Waals surface area contributed by atoms with Crippen LogP contribution in [0.1, 0.15) is 43.7 Å². The molecule has 0 amide bonds. The van der Waals surface area contributed by atoms with Crippen molar-refractivity contribution in [2.24, 2.45) is 5.92 Å². The lowest BCUT2D eigenvalue weighted by Gasteiger charge is -2.50. The van der Waals surface area contributed by atoms with Crippen molar-refractivity contribution >= 4 is 22.6 Å². The Bertz CT molecular complexity index is 516. The topological polar surface area (TPSA) is 12.5 Å². The highest BCUT2D eigenvalue weighted by molar-refractivity contribution is 14.1. The molecule has 3 rings (SSSR count). The standard InChI is InChI=1S/C18H26INO/c1-4-21-14-9-8-13-11-17(20(2)3)15-7-5-6-10-18(15,19)16(13)12-14/h8-9,12,15,17H,4-7,10-11H2,1-3H3/t15-,17+,18+/m1/s1. The summed E-state index contributed by atoms with van der Waals surface area (Å²) in [6.07, 6.45) is 6.61. The SMILES string of the molecule is CCOc1ccc2c(c1)[C@]1(I)CCCC[C@@H]1[C@@H](N(C)C)C2. The smallest absolute Gasteiger partial charge is 0.119 e. The number of halogens is 1. The zero-order chi connectivity index (χ0) is 15.0. The zero-order valence-corrected chi connectivity index (χ0v) is 15.5. The van der Waals surface area contributed by atoms with Gasteiger partial charge in [0.1, 0.15) is 5.75 Å². The quantitative estimate of drug-likeness (QED) is 0.552. The van der Waals surface area contributed by atoms with E-state index in [1.807, 2.05) is 0 Å². The maximum absolute atomic E-state index is 5.76. The molecule has 0 saturated heterocycles. The first-order chi connectivity index (χ1) is 10.1. The molecular weight excluding hydrogens is 373 g/mol. The Kier molecular flexibility index (Phi) is 4.51. The molecule has 0 bridgehead atoms. The molecule has 2 aliphatic rings. The summed E-state index contributed by atoms with van der Waals surface area (Å²) >= 11 is 2.77. The minimum atomic E-state index is 0.297. The summed E-state index contributed by atoms with van der Waals surface area (Å²) in [7, 11) is 4.49. The summed E-state index contributed by atoms with van der Waals surface area (Å²) in [6, 6.07) is 7.46. The van der Waals surface area contributed by atoms with Gasteiger partial charge in [-0.25, -0.2) is 0 Å². The molecule has 3 atom stereocenters. The minimum Gasteiger partial charge on any atom is -0.494 e. The van der Waals surface area contributed by atoms with Crippen LogP contribution < -0.4 is 4.74 Å². The molecule has 0 aromatic heterocycles. The Balaban J connectivity index is 2.06. The molecule has 1 saturated carbocycles. The Hall–Kier alpha value is -0.290. The Morgan fingerprint density at radius 1 is 1.33 bits per heavy atom. The number of benzene rings is 1. The summed E-state index contributed by atoms with van der Waals surface area (Å²) in [5.41, 5.74) is 3.08. The molecule has 116 valence electrons. The van der Waals surface area contributed by atoms with Crippen molar-refractivity contribution in [1.82, 2.24) is 4.90 Å². The van der Waals surface area contributed by atoms with Crippen LogP contribution in [0.4, 0.5) is 0 Å². The highest BCUT2D eigenvalue weighted by Gasteiger charge is 2.48. The predicted molar refractivity (Wildman–Crippen MR) is 96.4 cm³/mol. The van der Waals surface area contributed by atoms with Gasteiger partial charge < -0.3 is 9.64 Å². The van der Waals surface area contributed by atoms with Crippen molar-refractivity contribution in [1.29, 1.82) is 0 Å². The van der Waals surface area contributed by atoms with Crippen molar-refractivity contribution in [2.75, 3.05) is 20.7 Å².